The molecule has 1 saturated heterocycles. The summed E-state index contributed by atoms with van der Waals surface area (Å²) in [5, 5.41) is 6.14. The number of aromatic nitrogens is 3. The van der Waals surface area contributed by atoms with Crippen LogP contribution in [0, 0.1) is 0 Å². The average Bonchev–Trinajstić information content (AvgIpc) is 3.17. The Morgan fingerprint density at radius 2 is 2.00 bits per heavy atom. The molecule has 2 N–H and O–H groups in total. The zero-order chi connectivity index (χ0) is 13.8. The molecular formula is C13H18N6O. The Kier molecular flexibility index (Phi) is 3.67. The van der Waals surface area contributed by atoms with Crippen molar-refractivity contribution in [2.45, 2.75) is 19.4 Å². The standard InChI is InChI=1S/C13H18N6O/c1-14-11-16-12(15-9-10-5-4-8-20-10)18-13(17-11)19-6-2-3-7-19/h4-5,8H,2-3,6-7,9H2,1H3,(H2,14,15,16,17,18). The van der Waals surface area contributed by atoms with Crippen LogP contribution in [0.15, 0.2) is 22.8 Å². The van der Waals surface area contributed by atoms with Crippen LogP contribution < -0.4 is 15.5 Å². The van der Waals surface area contributed by atoms with E-state index in [-0.39, 0.29) is 0 Å². The van der Waals surface area contributed by atoms with Crippen LogP contribution in [0.4, 0.5) is 17.8 Å². The van der Waals surface area contributed by atoms with Crippen LogP contribution in [-0.4, -0.2) is 35.1 Å². The van der Waals surface area contributed by atoms with Gasteiger partial charge >= 0.3 is 0 Å². The number of nitrogens with one attached hydrogen (secondary N) is 2. The topological polar surface area (TPSA) is 79.1 Å². The van der Waals surface area contributed by atoms with Crippen molar-refractivity contribution >= 4 is 17.8 Å². The highest BCUT2D eigenvalue weighted by molar-refractivity contribution is 5.44. The number of hydrogen-bond acceptors (Lipinski definition) is 7. The van der Waals surface area contributed by atoms with E-state index in [1.165, 1.54) is 12.8 Å². The first kappa shape index (κ1) is 12.7. The van der Waals surface area contributed by atoms with E-state index in [1.54, 1.807) is 13.3 Å². The molecule has 1 aliphatic heterocycles. The first-order valence-electron chi connectivity index (χ1n) is 6.80. The van der Waals surface area contributed by atoms with E-state index in [2.05, 4.69) is 30.5 Å². The molecule has 0 bridgehead atoms. The smallest absolute Gasteiger partial charge is 0.231 e. The largest absolute Gasteiger partial charge is 0.467 e. The van der Waals surface area contributed by atoms with Crippen LogP contribution in [0.2, 0.25) is 0 Å². The zero-order valence-corrected chi connectivity index (χ0v) is 11.5. The summed E-state index contributed by atoms with van der Waals surface area (Å²) in [6.07, 6.45) is 4.03. The van der Waals surface area contributed by atoms with Gasteiger partial charge in [-0.25, -0.2) is 0 Å². The van der Waals surface area contributed by atoms with Gasteiger partial charge in [-0.2, -0.15) is 15.0 Å². The maximum atomic E-state index is 5.28. The molecule has 0 amide bonds. The number of hydrogen-bond donors (Lipinski definition) is 2. The summed E-state index contributed by atoms with van der Waals surface area (Å²) in [6, 6.07) is 3.77. The van der Waals surface area contributed by atoms with Gasteiger partial charge in [0.2, 0.25) is 17.8 Å². The van der Waals surface area contributed by atoms with Crippen LogP contribution in [0.3, 0.4) is 0 Å². The molecule has 0 atom stereocenters. The molecule has 1 aliphatic rings. The number of anilines is 3. The molecular weight excluding hydrogens is 256 g/mol. The summed E-state index contributed by atoms with van der Waals surface area (Å²) >= 11 is 0. The van der Waals surface area contributed by atoms with Gasteiger partial charge in [-0.15, -0.1) is 0 Å². The third kappa shape index (κ3) is 2.81. The van der Waals surface area contributed by atoms with E-state index in [1.807, 2.05) is 12.1 Å². The predicted octanol–water partition coefficient (Wildman–Crippen LogP) is 1.72. The van der Waals surface area contributed by atoms with Gasteiger partial charge in [0, 0.05) is 20.1 Å². The van der Waals surface area contributed by atoms with Crippen molar-refractivity contribution in [2.75, 3.05) is 35.7 Å². The lowest BCUT2D eigenvalue weighted by atomic mass is 10.4. The number of nitrogens with zero attached hydrogens (tertiary/aromatic N) is 4. The van der Waals surface area contributed by atoms with Gasteiger partial charge in [0.25, 0.3) is 0 Å². The van der Waals surface area contributed by atoms with E-state index >= 15 is 0 Å². The summed E-state index contributed by atoms with van der Waals surface area (Å²) in [6.45, 7) is 2.56. The van der Waals surface area contributed by atoms with Gasteiger partial charge in [0.1, 0.15) is 5.76 Å². The molecule has 0 radical (unpaired) electrons. The third-order valence-corrected chi connectivity index (χ3v) is 3.24. The predicted molar refractivity (Wildman–Crippen MR) is 76.9 cm³/mol. The molecule has 7 nitrogen and oxygen atoms in total. The van der Waals surface area contributed by atoms with Crippen LogP contribution in [0.5, 0.6) is 0 Å². The van der Waals surface area contributed by atoms with Crippen LogP contribution in [0.25, 0.3) is 0 Å². The minimum Gasteiger partial charge on any atom is -0.467 e. The maximum absolute atomic E-state index is 5.28. The molecule has 0 aromatic carbocycles. The van der Waals surface area contributed by atoms with E-state index in [0.717, 1.165) is 24.8 Å². The second kappa shape index (κ2) is 5.77. The molecule has 106 valence electrons. The van der Waals surface area contributed by atoms with Crippen molar-refractivity contribution in [1.82, 2.24) is 15.0 Å². The van der Waals surface area contributed by atoms with Crippen molar-refractivity contribution < 1.29 is 4.42 Å². The zero-order valence-electron chi connectivity index (χ0n) is 11.5. The van der Waals surface area contributed by atoms with E-state index < -0.39 is 0 Å². The van der Waals surface area contributed by atoms with E-state index in [9.17, 15) is 0 Å². The van der Waals surface area contributed by atoms with Crippen molar-refractivity contribution in [3.8, 4) is 0 Å². The van der Waals surface area contributed by atoms with Gasteiger partial charge < -0.3 is 20.0 Å². The number of rotatable bonds is 5. The van der Waals surface area contributed by atoms with Gasteiger partial charge in [-0.1, -0.05) is 0 Å². The first-order valence-corrected chi connectivity index (χ1v) is 6.80. The fraction of sp³-hybridized carbons (Fsp3) is 0.462. The maximum Gasteiger partial charge on any atom is 0.231 e. The minimum absolute atomic E-state index is 0.555. The van der Waals surface area contributed by atoms with Crippen molar-refractivity contribution in [3.63, 3.8) is 0 Å². The van der Waals surface area contributed by atoms with Crippen molar-refractivity contribution in [3.05, 3.63) is 24.2 Å². The molecule has 7 heteroatoms. The van der Waals surface area contributed by atoms with Gasteiger partial charge in [0.05, 0.1) is 12.8 Å². The Labute approximate surface area is 117 Å². The van der Waals surface area contributed by atoms with Gasteiger partial charge in [0.15, 0.2) is 0 Å². The molecule has 0 unspecified atom stereocenters. The summed E-state index contributed by atoms with van der Waals surface area (Å²) in [5.74, 6) is 2.70. The summed E-state index contributed by atoms with van der Waals surface area (Å²) < 4.78 is 5.28. The normalized spacial score (nSPS) is 14.6. The Bertz CT molecular complexity index is 550. The second-order valence-electron chi connectivity index (χ2n) is 4.66. The Morgan fingerprint density at radius 1 is 1.20 bits per heavy atom. The molecule has 0 spiro atoms. The Morgan fingerprint density at radius 3 is 2.70 bits per heavy atom. The van der Waals surface area contributed by atoms with E-state index in [0.29, 0.717) is 18.4 Å². The highest BCUT2D eigenvalue weighted by Crippen LogP contribution is 2.18. The van der Waals surface area contributed by atoms with Gasteiger partial charge in [-0.05, 0) is 25.0 Å². The number of furan rings is 1. The molecule has 2 aromatic rings. The second-order valence-corrected chi connectivity index (χ2v) is 4.66. The Hall–Kier alpha value is -2.31. The molecule has 0 saturated carbocycles. The molecule has 3 heterocycles. The monoisotopic (exact) mass is 274 g/mol. The molecule has 3 rings (SSSR count). The van der Waals surface area contributed by atoms with Crippen LogP contribution in [0.1, 0.15) is 18.6 Å². The lowest BCUT2D eigenvalue weighted by Crippen LogP contribution is -2.22. The molecule has 0 aliphatic carbocycles. The summed E-state index contributed by atoms with van der Waals surface area (Å²) in [4.78, 5) is 15.4. The van der Waals surface area contributed by atoms with Crippen molar-refractivity contribution in [2.24, 2.45) is 0 Å². The highest BCUT2D eigenvalue weighted by atomic mass is 16.3. The molecule has 2 aromatic heterocycles. The Balaban J connectivity index is 1.76. The lowest BCUT2D eigenvalue weighted by molar-refractivity contribution is 0.517. The summed E-state index contributed by atoms with van der Waals surface area (Å²) in [7, 11) is 1.80. The molecule has 20 heavy (non-hydrogen) atoms. The highest BCUT2D eigenvalue weighted by Gasteiger charge is 2.17. The van der Waals surface area contributed by atoms with Crippen LogP contribution in [-0.2, 0) is 6.54 Å². The first-order chi connectivity index (χ1) is 9.85. The fourth-order valence-electron chi connectivity index (χ4n) is 2.19. The quantitative estimate of drug-likeness (QED) is 0.859. The van der Waals surface area contributed by atoms with Gasteiger partial charge in [-0.3, -0.25) is 0 Å². The average molecular weight is 274 g/mol. The third-order valence-electron chi connectivity index (χ3n) is 3.24. The SMILES string of the molecule is CNc1nc(NCc2ccco2)nc(N2CCCC2)n1. The molecule has 1 fully saturated rings. The van der Waals surface area contributed by atoms with Crippen LogP contribution >= 0.6 is 0 Å². The van der Waals surface area contributed by atoms with E-state index in [4.69, 9.17) is 4.42 Å². The summed E-state index contributed by atoms with van der Waals surface area (Å²) in [5.41, 5.74) is 0. The van der Waals surface area contributed by atoms with Crippen molar-refractivity contribution in [1.29, 1.82) is 0 Å². The minimum atomic E-state index is 0.555. The lowest BCUT2D eigenvalue weighted by Gasteiger charge is -2.16. The fourth-order valence-corrected chi connectivity index (χ4v) is 2.19.